The van der Waals surface area contributed by atoms with E-state index in [1.165, 1.54) is 12.1 Å². The molecule has 0 radical (unpaired) electrons. The summed E-state index contributed by atoms with van der Waals surface area (Å²) in [6, 6.07) is 21.6. The minimum atomic E-state index is -0.407. The van der Waals surface area contributed by atoms with E-state index in [9.17, 15) is 14.9 Å². The maximum Gasteiger partial charge on any atom is 0.269 e. The summed E-state index contributed by atoms with van der Waals surface area (Å²) in [5.74, 6) is 1.16. The molecule has 9 nitrogen and oxygen atoms in total. The van der Waals surface area contributed by atoms with Crippen molar-refractivity contribution in [1.82, 2.24) is 9.88 Å². The Hall–Kier alpha value is -4.66. The van der Waals surface area contributed by atoms with Crippen molar-refractivity contribution in [2.45, 2.75) is 0 Å². The van der Waals surface area contributed by atoms with E-state index in [0.717, 1.165) is 22.2 Å². The lowest BCUT2D eigenvalue weighted by molar-refractivity contribution is -0.384. The number of hydrogen-bond acceptors (Lipinski definition) is 7. The molecule has 0 saturated carbocycles. The van der Waals surface area contributed by atoms with Gasteiger partial charge in [-0.15, -0.1) is 0 Å². The minimum Gasteiger partial charge on any atom is -0.493 e. The van der Waals surface area contributed by atoms with Gasteiger partial charge in [0.2, 0.25) is 0 Å². The number of piperazine rings is 1. The third-order valence-electron chi connectivity index (χ3n) is 6.62. The molecule has 37 heavy (non-hydrogen) atoms. The lowest BCUT2D eigenvalue weighted by Crippen LogP contribution is -2.48. The zero-order valence-electron chi connectivity index (χ0n) is 20.6. The largest absolute Gasteiger partial charge is 0.493 e. The van der Waals surface area contributed by atoms with Crippen molar-refractivity contribution < 1.29 is 19.2 Å². The lowest BCUT2D eigenvalue weighted by Gasteiger charge is -2.36. The Bertz CT molecular complexity index is 1460. The van der Waals surface area contributed by atoms with Crippen LogP contribution in [0.15, 0.2) is 72.8 Å². The molecule has 1 aliphatic rings. The van der Waals surface area contributed by atoms with E-state index < -0.39 is 4.92 Å². The van der Waals surface area contributed by atoms with Crippen LogP contribution in [-0.4, -0.2) is 61.1 Å². The molecule has 5 rings (SSSR count). The maximum absolute atomic E-state index is 13.7. The average Bonchev–Trinajstić information content (AvgIpc) is 2.96. The second-order valence-electron chi connectivity index (χ2n) is 8.69. The number of ether oxygens (including phenoxy) is 2. The maximum atomic E-state index is 13.7. The third kappa shape index (κ3) is 4.75. The molecule has 0 atom stereocenters. The van der Waals surface area contributed by atoms with Gasteiger partial charge < -0.3 is 19.3 Å². The first-order chi connectivity index (χ1) is 18.0. The van der Waals surface area contributed by atoms with Crippen molar-refractivity contribution >= 4 is 28.2 Å². The highest BCUT2D eigenvalue weighted by Gasteiger charge is 2.25. The molecule has 9 heteroatoms. The Morgan fingerprint density at radius 2 is 1.59 bits per heavy atom. The highest BCUT2D eigenvalue weighted by atomic mass is 16.6. The molecule has 0 aliphatic carbocycles. The molecule has 1 fully saturated rings. The van der Waals surface area contributed by atoms with Crippen LogP contribution in [-0.2, 0) is 0 Å². The van der Waals surface area contributed by atoms with Gasteiger partial charge in [0.15, 0.2) is 11.5 Å². The number of benzene rings is 3. The predicted octanol–water partition coefficient (Wildman–Crippen LogP) is 4.79. The number of carbonyl (C=O) groups is 1. The van der Waals surface area contributed by atoms with Crippen LogP contribution in [0.4, 0.5) is 11.4 Å². The Morgan fingerprint density at radius 3 is 2.27 bits per heavy atom. The fourth-order valence-electron chi connectivity index (χ4n) is 4.62. The molecule has 0 spiro atoms. The number of fused-ring (bicyclic) bond motifs is 1. The van der Waals surface area contributed by atoms with Gasteiger partial charge in [0.25, 0.3) is 11.6 Å². The fraction of sp³-hybridized carbons (Fsp3) is 0.214. The lowest BCUT2D eigenvalue weighted by atomic mass is 10.0. The Labute approximate surface area is 214 Å². The molecule has 0 bridgehead atoms. The van der Waals surface area contributed by atoms with Crippen molar-refractivity contribution in [1.29, 1.82) is 0 Å². The second kappa shape index (κ2) is 10.1. The van der Waals surface area contributed by atoms with Crippen LogP contribution < -0.4 is 14.4 Å². The van der Waals surface area contributed by atoms with Crippen molar-refractivity contribution in [3.8, 4) is 22.8 Å². The third-order valence-corrected chi connectivity index (χ3v) is 6.62. The van der Waals surface area contributed by atoms with Gasteiger partial charge in [-0.3, -0.25) is 14.9 Å². The van der Waals surface area contributed by atoms with Gasteiger partial charge in [0.1, 0.15) is 0 Å². The van der Waals surface area contributed by atoms with E-state index >= 15 is 0 Å². The number of anilines is 1. The highest BCUT2D eigenvalue weighted by molar-refractivity contribution is 6.07. The van der Waals surface area contributed by atoms with Crippen molar-refractivity contribution in [3.63, 3.8) is 0 Å². The van der Waals surface area contributed by atoms with Gasteiger partial charge in [-0.25, -0.2) is 4.98 Å². The highest BCUT2D eigenvalue weighted by Crippen LogP contribution is 2.33. The summed E-state index contributed by atoms with van der Waals surface area (Å²) in [4.78, 5) is 33.1. The van der Waals surface area contributed by atoms with Crippen molar-refractivity contribution in [2.75, 3.05) is 45.3 Å². The van der Waals surface area contributed by atoms with Crippen LogP contribution >= 0.6 is 0 Å². The monoisotopic (exact) mass is 498 g/mol. The number of carbonyl (C=O) groups excluding carboxylic acids is 1. The van der Waals surface area contributed by atoms with E-state index in [1.807, 2.05) is 53.4 Å². The Balaban J connectivity index is 1.41. The summed E-state index contributed by atoms with van der Waals surface area (Å²) in [6.45, 7) is 2.35. The van der Waals surface area contributed by atoms with Gasteiger partial charge in [-0.2, -0.15) is 0 Å². The van der Waals surface area contributed by atoms with Gasteiger partial charge in [0, 0.05) is 54.9 Å². The number of hydrogen-bond donors (Lipinski definition) is 0. The summed E-state index contributed by atoms with van der Waals surface area (Å²) >= 11 is 0. The smallest absolute Gasteiger partial charge is 0.269 e. The van der Waals surface area contributed by atoms with Crippen LogP contribution in [0.25, 0.3) is 22.2 Å². The molecular formula is C28H26N4O5. The molecule has 0 unspecified atom stereocenters. The first kappa shape index (κ1) is 24.1. The first-order valence-corrected chi connectivity index (χ1v) is 11.9. The molecule has 1 amide bonds. The number of amides is 1. The van der Waals surface area contributed by atoms with Crippen LogP contribution in [0.1, 0.15) is 10.4 Å². The normalized spacial score (nSPS) is 13.5. The topological polar surface area (TPSA) is 98.0 Å². The van der Waals surface area contributed by atoms with Crippen molar-refractivity contribution in [3.05, 3.63) is 88.5 Å². The van der Waals surface area contributed by atoms with Gasteiger partial charge in [-0.05, 0) is 42.5 Å². The quantitative estimate of drug-likeness (QED) is 0.278. The molecular weight excluding hydrogens is 472 g/mol. The average molecular weight is 499 g/mol. The minimum absolute atomic E-state index is 0.0522. The van der Waals surface area contributed by atoms with E-state index in [-0.39, 0.29) is 11.6 Å². The van der Waals surface area contributed by atoms with E-state index in [1.54, 1.807) is 26.4 Å². The molecule has 2 heterocycles. The fourth-order valence-corrected chi connectivity index (χ4v) is 4.62. The van der Waals surface area contributed by atoms with E-state index in [4.69, 9.17) is 14.5 Å². The number of methoxy groups -OCH3 is 2. The zero-order chi connectivity index (χ0) is 25.9. The van der Waals surface area contributed by atoms with E-state index in [0.29, 0.717) is 48.9 Å². The molecule has 3 aromatic carbocycles. The number of aromatic nitrogens is 1. The zero-order valence-corrected chi connectivity index (χ0v) is 20.6. The second-order valence-corrected chi connectivity index (χ2v) is 8.69. The van der Waals surface area contributed by atoms with Crippen LogP contribution in [0.2, 0.25) is 0 Å². The molecule has 1 saturated heterocycles. The van der Waals surface area contributed by atoms with Gasteiger partial charge in [0.05, 0.1) is 35.9 Å². The van der Waals surface area contributed by atoms with Crippen molar-refractivity contribution in [2.24, 2.45) is 0 Å². The first-order valence-electron chi connectivity index (χ1n) is 11.9. The predicted molar refractivity (Wildman–Crippen MR) is 141 cm³/mol. The Kier molecular flexibility index (Phi) is 6.59. The summed E-state index contributed by atoms with van der Waals surface area (Å²) in [7, 11) is 3.17. The number of pyridine rings is 1. The molecule has 1 aliphatic heterocycles. The summed E-state index contributed by atoms with van der Waals surface area (Å²) in [5, 5.41) is 11.7. The summed E-state index contributed by atoms with van der Waals surface area (Å²) in [5.41, 5.74) is 3.80. The van der Waals surface area contributed by atoms with Crippen LogP contribution in [0, 0.1) is 10.1 Å². The summed E-state index contributed by atoms with van der Waals surface area (Å²) in [6.07, 6.45) is 0. The Morgan fingerprint density at radius 1 is 0.892 bits per heavy atom. The number of nitro benzene ring substituents is 1. The van der Waals surface area contributed by atoms with Crippen LogP contribution in [0.5, 0.6) is 11.5 Å². The number of nitro groups is 1. The van der Waals surface area contributed by atoms with E-state index in [2.05, 4.69) is 4.90 Å². The number of nitrogens with zero attached hydrogens (tertiary/aromatic N) is 4. The van der Waals surface area contributed by atoms with Crippen LogP contribution in [0.3, 0.4) is 0 Å². The SMILES string of the molecule is COc1ccc(-c2cc(C(=O)N3CCN(c4ccc([N+](=O)[O-])cc4)CC3)c3ccccc3n2)cc1OC. The molecule has 188 valence electrons. The number of non-ortho nitro benzene ring substituents is 1. The van der Waals surface area contributed by atoms with Gasteiger partial charge >= 0.3 is 0 Å². The molecule has 4 aromatic rings. The molecule has 0 N–H and O–H groups in total. The number of para-hydroxylation sites is 1. The van der Waals surface area contributed by atoms with Gasteiger partial charge in [-0.1, -0.05) is 18.2 Å². The molecule has 1 aromatic heterocycles. The number of rotatable bonds is 6. The summed E-state index contributed by atoms with van der Waals surface area (Å²) < 4.78 is 10.8. The standard InChI is InChI=1S/C28H26N4O5/c1-36-26-12-7-19(17-27(26)37-2)25-18-23(22-5-3-4-6-24(22)29-25)28(33)31-15-13-30(14-16-31)20-8-10-21(11-9-20)32(34)35/h3-12,17-18H,13-16H2,1-2H3.